The van der Waals surface area contributed by atoms with Crippen LogP contribution in [0.25, 0.3) is 0 Å². The van der Waals surface area contributed by atoms with Gasteiger partial charge in [0, 0.05) is 17.1 Å². The summed E-state index contributed by atoms with van der Waals surface area (Å²) in [5, 5.41) is 3.15. The minimum atomic E-state index is 0.152. The number of hydrogen-bond donors (Lipinski definition) is 2. The van der Waals surface area contributed by atoms with E-state index in [0.29, 0.717) is 6.54 Å². The molecule has 4 heteroatoms. The molecule has 0 spiro atoms. The lowest BCUT2D eigenvalue weighted by Gasteiger charge is -2.16. The third-order valence-corrected chi connectivity index (χ3v) is 2.88. The van der Waals surface area contributed by atoms with Crippen molar-refractivity contribution < 1.29 is 4.74 Å². The normalized spacial score (nSPS) is 12.6. The smallest absolute Gasteiger partial charge is 0.119 e. The molecule has 0 saturated carbocycles. The second-order valence-corrected chi connectivity index (χ2v) is 3.82. The number of likely N-dealkylation sites (N-methyl/N-ethyl adjacent to an activating group) is 1. The largest absolute Gasteiger partial charge is 0.497 e. The van der Waals surface area contributed by atoms with Crippen LogP contribution in [-0.2, 0) is 0 Å². The fraction of sp³-hybridized carbons (Fsp3) is 0.400. The standard InChI is InChI=1S/C10H15BrN2O/c1-13-10(6-12)8-5-7(14-2)3-4-9(8)11/h3-5,10,13H,6,12H2,1-2H3. The van der Waals surface area contributed by atoms with E-state index in [1.165, 1.54) is 0 Å². The maximum atomic E-state index is 5.65. The predicted octanol–water partition coefficient (Wildman–Crippen LogP) is 1.68. The number of benzene rings is 1. The molecule has 0 bridgehead atoms. The number of halogens is 1. The maximum absolute atomic E-state index is 5.65. The van der Waals surface area contributed by atoms with Gasteiger partial charge < -0.3 is 15.8 Å². The van der Waals surface area contributed by atoms with Crippen molar-refractivity contribution >= 4 is 15.9 Å². The number of methoxy groups -OCH3 is 1. The van der Waals surface area contributed by atoms with Crippen LogP contribution in [0.1, 0.15) is 11.6 Å². The summed E-state index contributed by atoms with van der Waals surface area (Å²) in [5.74, 6) is 0.844. The highest BCUT2D eigenvalue weighted by Crippen LogP contribution is 2.27. The number of hydrogen-bond acceptors (Lipinski definition) is 3. The molecule has 14 heavy (non-hydrogen) atoms. The van der Waals surface area contributed by atoms with E-state index in [9.17, 15) is 0 Å². The van der Waals surface area contributed by atoms with Gasteiger partial charge in [0.15, 0.2) is 0 Å². The van der Waals surface area contributed by atoms with E-state index in [1.54, 1.807) is 7.11 Å². The average Bonchev–Trinajstić information content (AvgIpc) is 2.22. The zero-order chi connectivity index (χ0) is 10.6. The molecule has 1 aromatic rings. The Labute approximate surface area is 92.8 Å². The Morgan fingerprint density at radius 2 is 2.29 bits per heavy atom. The third-order valence-electron chi connectivity index (χ3n) is 2.16. The van der Waals surface area contributed by atoms with Crippen LogP contribution in [0.5, 0.6) is 5.75 Å². The first-order valence-corrected chi connectivity index (χ1v) is 5.23. The van der Waals surface area contributed by atoms with E-state index >= 15 is 0 Å². The molecule has 1 unspecified atom stereocenters. The lowest BCUT2D eigenvalue weighted by Crippen LogP contribution is -2.25. The minimum Gasteiger partial charge on any atom is -0.497 e. The highest BCUT2D eigenvalue weighted by atomic mass is 79.9. The molecule has 1 atom stereocenters. The van der Waals surface area contributed by atoms with Gasteiger partial charge >= 0.3 is 0 Å². The molecule has 0 amide bonds. The zero-order valence-electron chi connectivity index (χ0n) is 8.38. The summed E-state index contributed by atoms with van der Waals surface area (Å²) >= 11 is 3.49. The van der Waals surface area contributed by atoms with Crippen LogP contribution in [0.15, 0.2) is 22.7 Å². The summed E-state index contributed by atoms with van der Waals surface area (Å²) in [7, 11) is 3.55. The molecule has 0 aliphatic carbocycles. The van der Waals surface area contributed by atoms with Crippen molar-refractivity contribution in [3.8, 4) is 5.75 Å². The molecule has 0 heterocycles. The van der Waals surface area contributed by atoms with Crippen molar-refractivity contribution in [3.05, 3.63) is 28.2 Å². The van der Waals surface area contributed by atoms with Gasteiger partial charge in [-0.1, -0.05) is 15.9 Å². The van der Waals surface area contributed by atoms with E-state index in [4.69, 9.17) is 10.5 Å². The van der Waals surface area contributed by atoms with Crippen molar-refractivity contribution in [2.24, 2.45) is 5.73 Å². The van der Waals surface area contributed by atoms with Gasteiger partial charge in [0.2, 0.25) is 0 Å². The molecule has 78 valence electrons. The molecular formula is C10H15BrN2O. The van der Waals surface area contributed by atoms with Gasteiger partial charge in [-0.3, -0.25) is 0 Å². The molecule has 0 aromatic heterocycles. The lowest BCUT2D eigenvalue weighted by molar-refractivity contribution is 0.413. The highest BCUT2D eigenvalue weighted by Gasteiger charge is 2.11. The molecule has 0 saturated heterocycles. The summed E-state index contributed by atoms with van der Waals surface area (Å²) in [6, 6.07) is 6.02. The third kappa shape index (κ3) is 2.47. The SMILES string of the molecule is CNC(CN)c1cc(OC)ccc1Br. The van der Waals surface area contributed by atoms with E-state index in [-0.39, 0.29) is 6.04 Å². The monoisotopic (exact) mass is 258 g/mol. The Morgan fingerprint density at radius 3 is 2.79 bits per heavy atom. The first kappa shape index (κ1) is 11.5. The van der Waals surface area contributed by atoms with Crippen molar-refractivity contribution in [3.63, 3.8) is 0 Å². The Hall–Kier alpha value is -0.580. The molecule has 0 fully saturated rings. The van der Waals surface area contributed by atoms with Crippen molar-refractivity contribution in [1.82, 2.24) is 5.32 Å². The van der Waals surface area contributed by atoms with Gasteiger partial charge in [0.25, 0.3) is 0 Å². The molecule has 0 radical (unpaired) electrons. The van der Waals surface area contributed by atoms with Crippen molar-refractivity contribution in [2.45, 2.75) is 6.04 Å². The summed E-state index contributed by atoms with van der Waals surface area (Å²) < 4.78 is 6.20. The fourth-order valence-corrected chi connectivity index (χ4v) is 1.84. The van der Waals surface area contributed by atoms with Crippen molar-refractivity contribution in [1.29, 1.82) is 0 Å². The summed E-state index contributed by atoms with van der Waals surface area (Å²) in [5.41, 5.74) is 6.77. The molecule has 0 aliphatic heterocycles. The predicted molar refractivity (Wildman–Crippen MR) is 61.5 cm³/mol. The Kier molecular flexibility index (Phi) is 4.38. The topological polar surface area (TPSA) is 47.3 Å². The molecule has 3 N–H and O–H groups in total. The van der Waals surface area contributed by atoms with Gasteiger partial charge in [-0.05, 0) is 30.8 Å². The average molecular weight is 259 g/mol. The molecule has 3 nitrogen and oxygen atoms in total. The lowest BCUT2D eigenvalue weighted by atomic mass is 10.1. The molecule has 1 rings (SSSR count). The quantitative estimate of drug-likeness (QED) is 0.864. The molecule has 1 aromatic carbocycles. The Bertz CT molecular complexity index is 300. The van der Waals surface area contributed by atoms with E-state index in [1.807, 2.05) is 25.2 Å². The summed E-state index contributed by atoms with van der Waals surface area (Å²) in [4.78, 5) is 0. The van der Waals surface area contributed by atoms with Gasteiger partial charge in [-0.25, -0.2) is 0 Å². The van der Waals surface area contributed by atoms with E-state index < -0.39 is 0 Å². The summed E-state index contributed by atoms with van der Waals surface area (Å²) in [6.07, 6.45) is 0. The second kappa shape index (κ2) is 5.34. The maximum Gasteiger partial charge on any atom is 0.119 e. The van der Waals surface area contributed by atoms with E-state index in [0.717, 1.165) is 15.8 Å². The van der Waals surface area contributed by atoms with Crippen LogP contribution in [-0.4, -0.2) is 20.7 Å². The Morgan fingerprint density at radius 1 is 1.57 bits per heavy atom. The zero-order valence-corrected chi connectivity index (χ0v) is 9.97. The van der Waals surface area contributed by atoms with Crippen LogP contribution in [0.4, 0.5) is 0 Å². The number of nitrogens with two attached hydrogens (primary N) is 1. The Balaban J connectivity index is 3.04. The van der Waals surface area contributed by atoms with Crippen LogP contribution in [0, 0.1) is 0 Å². The van der Waals surface area contributed by atoms with Gasteiger partial charge in [-0.15, -0.1) is 0 Å². The van der Waals surface area contributed by atoms with Crippen molar-refractivity contribution in [2.75, 3.05) is 20.7 Å². The van der Waals surface area contributed by atoms with Gasteiger partial charge in [0.1, 0.15) is 5.75 Å². The van der Waals surface area contributed by atoms with Gasteiger partial charge in [-0.2, -0.15) is 0 Å². The van der Waals surface area contributed by atoms with Crippen LogP contribution < -0.4 is 15.8 Å². The van der Waals surface area contributed by atoms with Gasteiger partial charge in [0.05, 0.1) is 7.11 Å². The van der Waals surface area contributed by atoms with E-state index in [2.05, 4.69) is 21.2 Å². The van der Waals surface area contributed by atoms with Crippen LogP contribution in [0.3, 0.4) is 0 Å². The van der Waals surface area contributed by atoms with Crippen LogP contribution in [0.2, 0.25) is 0 Å². The first-order chi connectivity index (χ1) is 6.72. The highest BCUT2D eigenvalue weighted by molar-refractivity contribution is 9.10. The number of rotatable bonds is 4. The minimum absolute atomic E-state index is 0.152. The summed E-state index contributed by atoms with van der Waals surface area (Å²) in [6.45, 7) is 0.558. The molecular weight excluding hydrogens is 244 g/mol. The second-order valence-electron chi connectivity index (χ2n) is 2.96. The number of nitrogens with one attached hydrogen (secondary N) is 1. The van der Waals surface area contributed by atoms with Crippen LogP contribution >= 0.6 is 15.9 Å². The fourth-order valence-electron chi connectivity index (χ4n) is 1.32. The first-order valence-electron chi connectivity index (χ1n) is 4.43. The molecule has 0 aliphatic rings. The number of ether oxygens (including phenoxy) is 1.